The lowest BCUT2D eigenvalue weighted by molar-refractivity contribution is -0.137. The molecule has 14 heavy (non-hydrogen) atoms. The van der Waals surface area contributed by atoms with Crippen LogP contribution in [0.2, 0.25) is 0 Å². The molecule has 80 valence electrons. The molecule has 0 fully saturated rings. The lowest BCUT2D eigenvalue weighted by Gasteiger charge is -2.12. The minimum Gasteiger partial charge on any atom is -0.292 e. The SMILES string of the molecule is CNNC(=O)CCN1C(=O)C=CC1=O.[HH].[HH]. The van der Waals surface area contributed by atoms with Gasteiger partial charge in [0, 0.05) is 35.0 Å². The van der Waals surface area contributed by atoms with Crippen LogP contribution in [0, 0.1) is 0 Å². The molecule has 0 aromatic heterocycles. The third kappa shape index (κ3) is 2.40. The molecule has 0 saturated heterocycles. The van der Waals surface area contributed by atoms with Crippen molar-refractivity contribution < 1.29 is 17.2 Å². The lowest BCUT2D eigenvalue weighted by atomic mass is 10.4. The molecule has 1 aliphatic rings. The van der Waals surface area contributed by atoms with Gasteiger partial charge in [0.15, 0.2) is 0 Å². The van der Waals surface area contributed by atoms with Gasteiger partial charge in [-0.1, -0.05) is 0 Å². The fourth-order valence-corrected chi connectivity index (χ4v) is 1.07. The van der Waals surface area contributed by atoms with E-state index in [4.69, 9.17) is 0 Å². The lowest BCUT2D eigenvalue weighted by Crippen LogP contribution is -2.38. The van der Waals surface area contributed by atoms with Gasteiger partial charge in [-0.15, -0.1) is 0 Å². The summed E-state index contributed by atoms with van der Waals surface area (Å²) in [6.45, 7) is 0.109. The Bertz CT molecular complexity index is 289. The normalized spacial score (nSPS) is 15.1. The highest BCUT2D eigenvalue weighted by molar-refractivity contribution is 6.13. The Morgan fingerprint density at radius 3 is 2.50 bits per heavy atom. The summed E-state index contributed by atoms with van der Waals surface area (Å²) in [5.74, 6) is -1.00. The van der Waals surface area contributed by atoms with Gasteiger partial charge in [-0.2, -0.15) is 0 Å². The first kappa shape index (κ1) is 10.4. The van der Waals surface area contributed by atoms with Gasteiger partial charge in [-0.05, 0) is 0 Å². The van der Waals surface area contributed by atoms with Crippen molar-refractivity contribution in [3.05, 3.63) is 12.2 Å². The average molecular weight is 201 g/mol. The van der Waals surface area contributed by atoms with Crippen molar-refractivity contribution >= 4 is 17.7 Å². The first-order valence-corrected chi connectivity index (χ1v) is 4.14. The maximum atomic E-state index is 11.0. The van der Waals surface area contributed by atoms with Crippen molar-refractivity contribution in [1.29, 1.82) is 0 Å². The molecule has 0 aliphatic carbocycles. The van der Waals surface area contributed by atoms with E-state index in [1.807, 2.05) is 0 Å². The maximum absolute atomic E-state index is 11.0. The van der Waals surface area contributed by atoms with Gasteiger partial charge in [-0.3, -0.25) is 24.7 Å². The summed E-state index contributed by atoms with van der Waals surface area (Å²) in [5, 5.41) is 0. The predicted molar refractivity (Wildman–Crippen MR) is 51.9 cm³/mol. The standard InChI is InChI=1S/C8H11N3O3.2H2/c1-9-10-6(12)4-5-11-7(13)2-3-8(11)14;;/h2-3,9H,4-5H2,1H3,(H,10,12);2*1H. The average Bonchev–Trinajstić information content (AvgIpc) is 2.44. The van der Waals surface area contributed by atoms with Crippen LogP contribution >= 0.6 is 0 Å². The van der Waals surface area contributed by atoms with E-state index in [1.54, 1.807) is 7.05 Å². The molecule has 6 nitrogen and oxygen atoms in total. The number of amides is 3. The van der Waals surface area contributed by atoms with E-state index >= 15 is 0 Å². The largest absolute Gasteiger partial charge is 0.292 e. The van der Waals surface area contributed by atoms with E-state index in [0.29, 0.717) is 0 Å². The van der Waals surface area contributed by atoms with Gasteiger partial charge in [-0.25, -0.2) is 5.43 Å². The number of carbonyl (C=O) groups is 3. The third-order valence-corrected chi connectivity index (χ3v) is 1.73. The molecule has 1 aliphatic heterocycles. The smallest absolute Gasteiger partial charge is 0.253 e. The second-order valence-corrected chi connectivity index (χ2v) is 2.71. The summed E-state index contributed by atoms with van der Waals surface area (Å²) in [6, 6.07) is 0. The predicted octanol–water partition coefficient (Wildman–Crippen LogP) is -0.956. The Kier molecular flexibility index (Phi) is 3.35. The van der Waals surface area contributed by atoms with Crippen molar-refractivity contribution in [3.8, 4) is 0 Å². The molecule has 0 radical (unpaired) electrons. The Morgan fingerprint density at radius 1 is 1.43 bits per heavy atom. The van der Waals surface area contributed by atoms with Crippen molar-refractivity contribution in [1.82, 2.24) is 15.8 Å². The van der Waals surface area contributed by atoms with Crippen LogP contribution in [0.25, 0.3) is 0 Å². The first-order chi connectivity index (χ1) is 6.65. The number of hydrazine groups is 1. The molecule has 0 aromatic carbocycles. The van der Waals surface area contributed by atoms with E-state index in [2.05, 4.69) is 10.9 Å². The van der Waals surface area contributed by atoms with E-state index in [1.165, 1.54) is 12.2 Å². The molecule has 6 heteroatoms. The number of nitrogens with one attached hydrogen (secondary N) is 2. The van der Waals surface area contributed by atoms with E-state index < -0.39 is 0 Å². The molecule has 1 rings (SSSR count). The summed E-state index contributed by atoms with van der Waals surface area (Å²) in [7, 11) is 1.56. The van der Waals surface area contributed by atoms with Gasteiger partial charge in [0.25, 0.3) is 11.8 Å². The number of nitrogens with zero attached hydrogens (tertiary/aromatic N) is 1. The number of hydrogen-bond donors (Lipinski definition) is 2. The fourth-order valence-electron chi connectivity index (χ4n) is 1.07. The van der Waals surface area contributed by atoms with Crippen LogP contribution in [0.5, 0.6) is 0 Å². The highest BCUT2D eigenvalue weighted by Crippen LogP contribution is 2.03. The molecule has 0 saturated carbocycles. The third-order valence-electron chi connectivity index (χ3n) is 1.73. The van der Waals surface area contributed by atoms with Crippen LogP contribution in [-0.2, 0) is 14.4 Å². The summed E-state index contributed by atoms with van der Waals surface area (Å²) >= 11 is 0. The topological polar surface area (TPSA) is 78.5 Å². The van der Waals surface area contributed by atoms with Crippen LogP contribution < -0.4 is 10.9 Å². The first-order valence-electron chi connectivity index (χ1n) is 4.14. The van der Waals surface area contributed by atoms with Crippen molar-refractivity contribution in [3.63, 3.8) is 0 Å². The second kappa shape index (κ2) is 4.52. The van der Waals surface area contributed by atoms with Crippen LogP contribution in [0.15, 0.2) is 12.2 Å². The molecule has 1 heterocycles. The maximum Gasteiger partial charge on any atom is 0.253 e. The van der Waals surface area contributed by atoms with Gasteiger partial charge in [0.1, 0.15) is 0 Å². The molecule has 0 bridgehead atoms. The zero-order valence-corrected chi connectivity index (χ0v) is 7.74. The van der Waals surface area contributed by atoms with Crippen LogP contribution in [-0.4, -0.2) is 36.2 Å². The zero-order valence-electron chi connectivity index (χ0n) is 7.74. The van der Waals surface area contributed by atoms with Crippen LogP contribution in [0.4, 0.5) is 0 Å². The minimum atomic E-state index is -0.368. The van der Waals surface area contributed by atoms with Gasteiger partial charge < -0.3 is 0 Å². The van der Waals surface area contributed by atoms with E-state index in [9.17, 15) is 14.4 Å². The fraction of sp³-hybridized carbons (Fsp3) is 0.375. The molecule has 0 atom stereocenters. The van der Waals surface area contributed by atoms with Crippen LogP contribution in [0.1, 0.15) is 9.27 Å². The van der Waals surface area contributed by atoms with Gasteiger partial charge >= 0.3 is 0 Å². The Labute approximate surface area is 83.9 Å². The van der Waals surface area contributed by atoms with Gasteiger partial charge in [0.05, 0.1) is 0 Å². The summed E-state index contributed by atoms with van der Waals surface area (Å²) in [6.07, 6.45) is 2.48. The summed E-state index contributed by atoms with van der Waals surface area (Å²) in [5.41, 5.74) is 4.80. The van der Waals surface area contributed by atoms with E-state index in [-0.39, 0.29) is 33.5 Å². The zero-order chi connectivity index (χ0) is 10.6. The number of hydrogen-bond acceptors (Lipinski definition) is 4. The molecule has 2 N–H and O–H groups in total. The summed E-state index contributed by atoms with van der Waals surface area (Å²) in [4.78, 5) is 34.0. The molecule has 3 amide bonds. The van der Waals surface area contributed by atoms with E-state index in [0.717, 1.165) is 4.90 Å². The van der Waals surface area contributed by atoms with Crippen LogP contribution in [0.3, 0.4) is 0 Å². The van der Waals surface area contributed by atoms with Crippen molar-refractivity contribution in [2.24, 2.45) is 0 Å². The van der Waals surface area contributed by atoms with Crippen molar-refractivity contribution in [2.45, 2.75) is 6.42 Å². The number of carbonyl (C=O) groups excluding carboxylic acids is 3. The van der Waals surface area contributed by atoms with Gasteiger partial charge in [0.2, 0.25) is 5.91 Å². The molecule has 0 spiro atoms. The minimum absolute atomic E-state index is 0. The second-order valence-electron chi connectivity index (χ2n) is 2.71. The monoisotopic (exact) mass is 201 g/mol. The Balaban J connectivity index is 0. The number of imide groups is 1. The van der Waals surface area contributed by atoms with Crippen molar-refractivity contribution in [2.75, 3.05) is 13.6 Å². The quantitative estimate of drug-likeness (QED) is 0.454. The molecular formula is C8H15N3O3. The highest BCUT2D eigenvalue weighted by Gasteiger charge is 2.23. The molecule has 0 aromatic rings. The molecular weight excluding hydrogens is 186 g/mol. The summed E-state index contributed by atoms with van der Waals surface area (Å²) < 4.78 is 0. The molecule has 0 unspecified atom stereocenters. The Morgan fingerprint density at radius 2 is 2.00 bits per heavy atom. The Hall–Kier alpha value is -1.69. The highest BCUT2D eigenvalue weighted by atomic mass is 16.2. The number of rotatable bonds is 4.